The lowest BCUT2D eigenvalue weighted by Crippen LogP contribution is -2.26. The lowest BCUT2D eigenvalue weighted by atomic mass is 9.93. The third kappa shape index (κ3) is 7.33. The van der Waals surface area contributed by atoms with E-state index in [0.717, 1.165) is 17.0 Å². The molecule has 1 saturated carbocycles. The molecular formula is C19H30ClN. The van der Waals surface area contributed by atoms with Gasteiger partial charge in [-0.05, 0) is 55.8 Å². The summed E-state index contributed by atoms with van der Waals surface area (Å²) in [7, 11) is 0. The van der Waals surface area contributed by atoms with Gasteiger partial charge in [-0.3, -0.25) is 0 Å². The van der Waals surface area contributed by atoms with Gasteiger partial charge in [-0.1, -0.05) is 62.8 Å². The van der Waals surface area contributed by atoms with E-state index in [1.807, 2.05) is 12.1 Å². The molecule has 1 unspecified atom stereocenters. The quantitative estimate of drug-likeness (QED) is 0.524. The summed E-state index contributed by atoms with van der Waals surface area (Å²) in [6.45, 7) is 3.46. The van der Waals surface area contributed by atoms with E-state index in [0.29, 0.717) is 0 Å². The third-order valence-corrected chi connectivity index (χ3v) is 4.68. The van der Waals surface area contributed by atoms with Crippen molar-refractivity contribution in [2.24, 2.45) is 5.92 Å². The van der Waals surface area contributed by atoms with Crippen molar-refractivity contribution in [3.05, 3.63) is 34.9 Å². The SMILES string of the molecule is CCCCCCCC(CNC1CC1)Cc1ccc(Cl)cc1. The topological polar surface area (TPSA) is 12.0 Å². The van der Waals surface area contributed by atoms with E-state index >= 15 is 0 Å². The number of unbranched alkanes of at least 4 members (excludes halogenated alkanes) is 4. The van der Waals surface area contributed by atoms with Gasteiger partial charge in [0.2, 0.25) is 0 Å². The monoisotopic (exact) mass is 307 g/mol. The van der Waals surface area contributed by atoms with Crippen LogP contribution in [0.5, 0.6) is 0 Å². The molecule has 2 rings (SSSR count). The van der Waals surface area contributed by atoms with Crippen molar-refractivity contribution in [2.45, 2.75) is 70.8 Å². The van der Waals surface area contributed by atoms with Gasteiger partial charge in [-0.2, -0.15) is 0 Å². The summed E-state index contributed by atoms with van der Waals surface area (Å²) in [4.78, 5) is 0. The molecule has 118 valence electrons. The van der Waals surface area contributed by atoms with Gasteiger partial charge < -0.3 is 5.32 Å². The van der Waals surface area contributed by atoms with Crippen molar-refractivity contribution < 1.29 is 0 Å². The van der Waals surface area contributed by atoms with Crippen LogP contribution in [-0.2, 0) is 6.42 Å². The second-order valence-corrected chi connectivity index (χ2v) is 7.02. The van der Waals surface area contributed by atoms with Crippen LogP contribution < -0.4 is 5.32 Å². The molecule has 1 atom stereocenters. The van der Waals surface area contributed by atoms with E-state index in [2.05, 4.69) is 24.4 Å². The highest BCUT2D eigenvalue weighted by atomic mass is 35.5. The first-order valence-electron chi connectivity index (χ1n) is 8.75. The van der Waals surface area contributed by atoms with Crippen molar-refractivity contribution in [1.82, 2.24) is 5.32 Å². The molecule has 0 bridgehead atoms. The number of nitrogens with one attached hydrogen (secondary N) is 1. The second-order valence-electron chi connectivity index (χ2n) is 6.58. The molecule has 21 heavy (non-hydrogen) atoms. The molecule has 1 aromatic carbocycles. The maximum absolute atomic E-state index is 5.98. The summed E-state index contributed by atoms with van der Waals surface area (Å²) in [5.41, 5.74) is 1.43. The number of halogens is 1. The average molecular weight is 308 g/mol. The Bertz CT molecular complexity index is 383. The normalized spacial score (nSPS) is 16.1. The zero-order valence-electron chi connectivity index (χ0n) is 13.4. The van der Waals surface area contributed by atoms with Gasteiger partial charge in [-0.25, -0.2) is 0 Å². The van der Waals surface area contributed by atoms with Gasteiger partial charge >= 0.3 is 0 Å². The van der Waals surface area contributed by atoms with Gasteiger partial charge in [0.05, 0.1) is 0 Å². The number of hydrogen-bond donors (Lipinski definition) is 1. The van der Waals surface area contributed by atoms with Crippen molar-refractivity contribution in [2.75, 3.05) is 6.54 Å². The largest absolute Gasteiger partial charge is 0.314 e. The van der Waals surface area contributed by atoms with Crippen molar-refractivity contribution in [1.29, 1.82) is 0 Å². The van der Waals surface area contributed by atoms with Gasteiger partial charge in [0.15, 0.2) is 0 Å². The van der Waals surface area contributed by atoms with Crippen LogP contribution in [0.3, 0.4) is 0 Å². The molecule has 1 aliphatic rings. The molecule has 0 saturated heterocycles. The second kappa shape index (κ2) is 9.48. The molecule has 1 aliphatic carbocycles. The minimum Gasteiger partial charge on any atom is -0.314 e. The fourth-order valence-corrected chi connectivity index (χ4v) is 3.01. The minimum absolute atomic E-state index is 0.772. The number of rotatable bonds is 11. The third-order valence-electron chi connectivity index (χ3n) is 4.43. The Morgan fingerprint density at radius 1 is 1.10 bits per heavy atom. The predicted molar refractivity (Wildman–Crippen MR) is 93.0 cm³/mol. The summed E-state index contributed by atoms with van der Waals surface area (Å²) < 4.78 is 0. The fourth-order valence-electron chi connectivity index (χ4n) is 2.89. The molecule has 0 heterocycles. The van der Waals surface area contributed by atoms with Crippen LogP contribution in [0.25, 0.3) is 0 Å². The molecule has 0 radical (unpaired) electrons. The summed E-state index contributed by atoms with van der Waals surface area (Å²) in [6, 6.07) is 9.22. The molecule has 2 heteroatoms. The highest BCUT2D eigenvalue weighted by Crippen LogP contribution is 2.22. The van der Waals surface area contributed by atoms with Crippen LogP contribution in [0.2, 0.25) is 5.02 Å². The number of hydrogen-bond acceptors (Lipinski definition) is 1. The molecule has 1 nitrogen and oxygen atoms in total. The van der Waals surface area contributed by atoms with Crippen LogP contribution >= 0.6 is 11.6 Å². The zero-order chi connectivity index (χ0) is 14.9. The highest BCUT2D eigenvalue weighted by molar-refractivity contribution is 6.30. The Morgan fingerprint density at radius 2 is 1.81 bits per heavy atom. The standard InChI is InChI=1S/C19H30ClN/c1-2-3-4-5-6-7-17(15-21-19-12-13-19)14-16-8-10-18(20)11-9-16/h8-11,17,19,21H,2-7,12-15H2,1H3. The first-order chi connectivity index (χ1) is 10.3. The Morgan fingerprint density at radius 3 is 2.48 bits per heavy atom. The Balaban J connectivity index is 1.74. The summed E-state index contributed by atoms with van der Waals surface area (Å²) >= 11 is 5.98. The van der Waals surface area contributed by atoms with Crippen molar-refractivity contribution in [3.8, 4) is 0 Å². The fraction of sp³-hybridized carbons (Fsp3) is 0.684. The molecule has 1 fully saturated rings. The highest BCUT2D eigenvalue weighted by Gasteiger charge is 2.21. The van der Waals surface area contributed by atoms with E-state index in [1.165, 1.54) is 69.9 Å². The van der Waals surface area contributed by atoms with E-state index in [4.69, 9.17) is 11.6 Å². The lowest BCUT2D eigenvalue weighted by Gasteiger charge is -2.18. The molecule has 0 spiro atoms. The van der Waals surface area contributed by atoms with E-state index in [1.54, 1.807) is 0 Å². The molecule has 1 N–H and O–H groups in total. The Hall–Kier alpha value is -0.530. The summed E-state index contributed by atoms with van der Waals surface area (Å²) in [5, 5.41) is 4.55. The number of benzene rings is 1. The average Bonchev–Trinajstić information content (AvgIpc) is 3.31. The van der Waals surface area contributed by atoms with Crippen LogP contribution in [0, 0.1) is 5.92 Å². The van der Waals surface area contributed by atoms with Gasteiger partial charge in [0, 0.05) is 11.1 Å². The smallest absolute Gasteiger partial charge is 0.0406 e. The van der Waals surface area contributed by atoms with E-state index in [9.17, 15) is 0 Å². The van der Waals surface area contributed by atoms with Crippen LogP contribution in [-0.4, -0.2) is 12.6 Å². The molecular weight excluding hydrogens is 278 g/mol. The molecule has 0 aromatic heterocycles. The Kier molecular flexibility index (Phi) is 7.60. The van der Waals surface area contributed by atoms with Crippen LogP contribution in [0.15, 0.2) is 24.3 Å². The van der Waals surface area contributed by atoms with E-state index in [-0.39, 0.29) is 0 Å². The van der Waals surface area contributed by atoms with Gasteiger partial charge in [0.1, 0.15) is 0 Å². The van der Waals surface area contributed by atoms with Crippen molar-refractivity contribution >= 4 is 11.6 Å². The van der Waals surface area contributed by atoms with Gasteiger partial charge in [-0.15, -0.1) is 0 Å². The molecule has 1 aromatic rings. The van der Waals surface area contributed by atoms with E-state index < -0.39 is 0 Å². The maximum Gasteiger partial charge on any atom is 0.0406 e. The van der Waals surface area contributed by atoms with Gasteiger partial charge in [0.25, 0.3) is 0 Å². The van der Waals surface area contributed by atoms with Crippen LogP contribution in [0.1, 0.15) is 63.9 Å². The first-order valence-corrected chi connectivity index (χ1v) is 9.13. The van der Waals surface area contributed by atoms with Crippen molar-refractivity contribution in [3.63, 3.8) is 0 Å². The Labute approximate surface area is 135 Å². The summed E-state index contributed by atoms with van der Waals surface area (Å²) in [6.07, 6.45) is 12.2. The molecule has 0 amide bonds. The lowest BCUT2D eigenvalue weighted by molar-refractivity contribution is 0.419. The minimum atomic E-state index is 0.772. The predicted octanol–water partition coefficient (Wildman–Crippen LogP) is 5.61. The summed E-state index contributed by atoms with van der Waals surface area (Å²) in [5.74, 6) is 0.772. The first kappa shape index (κ1) is 16.8. The molecule has 0 aliphatic heterocycles. The zero-order valence-corrected chi connectivity index (χ0v) is 14.2. The maximum atomic E-state index is 5.98. The van der Waals surface area contributed by atoms with Crippen LogP contribution in [0.4, 0.5) is 0 Å².